The molecular weight excluding hydrogens is 1020 g/mol. The molecule has 3 N–H and O–H groups in total. The first-order chi connectivity index (χ1) is 39.5. The van der Waals surface area contributed by atoms with E-state index in [0.717, 1.165) is 128 Å². The van der Waals surface area contributed by atoms with Crippen LogP contribution in [0.2, 0.25) is 0 Å². The molecule has 0 aliphatic carbocycles. The number of phosphoric ester groups is 1. The minimum atomic E-state index is -4.37. The molecule has 0 aromatic carbocycles. The lowest BCUT2D eigenvalue weighted by molar-refractivity contribution is -0.870. The molecule has 0 fully saturated rings. The molecule has 0 saturated carbocycles. The van der Waals surface area contributed by atoms with Gasteiger partial charge in [-0.15, -0.1) is 0 Å². The summed E-state index contributed by atoms with van der Waals surface area (Å²) in [5.41, 5.74) is 0. The summed E-state index contributed by atoms with van der Waals surface area (Å²) in [7, 11) is 1.53. The van der Waals surface area contributed by atoms with E-state index in [2.05, 4.69) is 165 Å². The SMILES string of the molecule is CC/C=C\C/C=C\C/C=C\C/C=C\C/C=C\C/C=C\C/C=C\C/C=C\C/C=C\C/C=C\C/C=C\C/C=C\CCCCCCC(=O)NC(COP(=O)(O)OCC[N+](C)(C)C)C(O)/C=C/CCCCCCCCCCCCCCCCCC. The average Bonchev–Trinajstić information content (AvgIpc) is 3.43. The molecule has 3 atom stereocenters. The number of amides is 1. The lowest BCUT2D eigenvalue weighted by atomic mass is 10.0. The minimum absolute atomic E-state index is 0.0483. The van der Waals surface area contributed by atoms with Gasteiger partial charge in [-0.25, -0.2) is 4.57 Å². The van der Waals surface area contributed by atoms with Crippen LogP contribution in [0.1, 0.15) is 239 Å². The molecule has 460 valence electrons. The Kier molecular flexibility index (Phi) is 57.8. The molecule has 0 bridgehead atoms. The van der Waals surface area contributed by atoms with Gasteiger partial charge >= 0.3 is 7.82 Å². The van der Waals surface area contributed by atoms with Crippen LogP contribution >= 0.6 is 7.82 Å². The van der Waals surface area contributed by atoms with E-state index < -0.39 is 20.0 Å². The second kappa shape index (κ2) is 60.7. The highest BCUT2D eigenvalue weighted by Crippen LogP contribution is 2.43. The number of likely N-dealkylation sites (N-methyl/N-ethyl adjacent to an activating group) is 1. The number of hydrogen-bond acceptors (Lipinski definition) is 5. The maximum Gasteiger partial charge on any atom is 0.472 e. The summed E-state index contributed by atoms with van der Waals surface area (Å²) in [4.78, 5) is 23.3. The Labute approximate surface area is 499 Å². The van der Waals surface area contributed by atoms with Crippen molar-refractivity contribution in [1.82, 2.24) is 5.32 Å². The predicted octanol–water partition coefficient (Wildman–Crippen LogP) is 20.6. The van der Waals surface area contributed by atoms with Gasteiger partial charge in [0.1, 0.15) is 13.2 Å². The molecule has 0 aliphatic rings. The highest BCUT2D eigenvalue weighted by atomic mass is 31.2. The number of aliphatic hydroxyl groups excluding tert-OH is 1. The van der Waals surface area contributed by atoms with Crippen LogP contribution < -0.4 is 5.32 Å². The van der Waals surface area contributed by atoms with Gasteiger partial charge in [-0.2, -0.15) is 0 Å². The van der Waals surface area contributed by atoms with Crippen molar-refractivity contribution in [2.24, 2.45) is 0 Å². The smallest absolute Gasteiger partial charge is 0.387 e. The number of carbonyl (C=O) groups is 1. The van der Waals surface area contributed by atoms with Gasteiger partial charge in [-0.3, -0.25) is 13.8 Å². The Hall–Kier alpha value is -3.88. The van der Waals surface area contributed by atoms with Gasteiger partial charge in [0.2, 0.25) is 5.91 Å². The van der Waals surface area contributed by atoms with E-state index in [0.29, 0.717) is 17.4 Å². The third-order valence-electron chi connectivity index (χ3n) is 13.5. The normalized spacial score (nSPS) is 14.8. The van der Waals surface area contributed by atoms with Crippen molar-refractivity contribution in [2.45, 2.75) is 251 Å². The van der Waals surface area contributed by atoms with Crippen molar-refractivity contribution in [1.29, 1.82) is 0 Å². The number of nitrogens with one attached hydrogen (secondary N) is 1. The Morgan fingerprint density at radius 3 is 1.09 bits per heavy atom. The van der Waals surface area contributed by atoms with E-state index in [-0.39, 0.29) is 19.1 Å². The standard InChI is InChI=1S/C72H121N2O6P/c1-6-8-10-12-14-16-18-20-22-24-26-27-28-29-30-31-32-33-34-35-36-37-38-39-40-41-42-43-44-45-46-47-48-50-52-54-56-58-60-62-64-66-72(76)73-70(69-80-81(77,78)79-68-67-74(3,4)5)71(75)65-63-61-59-57-55-53-51-49-25-23-21-19-17-15-13-11-9-7-2/h8,10,14,16,20,22,26-27,29-30,32-33,35-36,38-39,41-42,44-45,47-48,52,54,63,65,70-71,75H,6-7,9,11-13,15,17-19,21,23-25,28,31,34,37,40,43,46,49-51,53,55-62,64,66-69H2,1-5H3,(H-,73,76,77,78)/p+1/b10-8-,16-14-,22-20-,27-26-,30-29-,33-32-,36-35-,39-38-,42-41-,45-44-,48-47-,54-52-,65-63+. The summed E-state index contributed by atoms with van der Waals surface area (Å²) < 4.78 is 23.7. The predicted molar refractivity (Wildman–Crippen MR) is 354 cm³/mol. The van der Waals surface area contributed by atoms with E-state index in [1.54, 1.807) is 6.08 Å². The van der Waals surface area contributed by atoms with E-state index >= 15 is 0 Å². The number of carbonyl (C=O) groups excluding carboxylic acids is 1. The maximum absolute atomic E-state index is 13.0. The third kappa shape index (κ3) is 63.5. The van der Waals surface area contributed by atoms with Crippen molar-refractivity contribution < 1.29 is 32.9 Å². The van der Waals surface area contributed by atoms with Crippen LogP contribution in [0.25, 0.3) is 0 Å². The quantitative estimate of drug-likeness (QED) is 0.0243. The zero-order valence-electron chi connectivity index (χ0n) is 52.5. The van der Waals surface area contributed by atoms with Crippen LogP contribution in [0, 0.1) is 0 Å². The van der Waals surface area contributed by atoms with Crippen molar-refractivity contribution in [3.63, 3.8) is 0 Å². The summed E-state index contributed by atoms with van der Waals surface area (Å²) in [5, 5.41) is 13.9. The molecule has 8 nitrogen and oxygen atoms in total. The van der Waals surface area contributed by atoms with E-state index in [9.17, 15) is 19.4 Å². The number of hydrogen-bond donors (Lipinski definition) is 3. The number of aliphatic hydroxyl groups is 1. The molecule has 0 saturated heterocycles. The molecule has 0 radical (unpaired) electrons. The van der Waals surface area contributed by atoms with Gasteiger partial charge in [0.05, 0.1) is 39.9 Å². The number of phosphoric acid groups is 1. The fourth-order valence-electron chi connectivity index (χ4n) is 8.49. The fraction of sp³-hybridized carbons (Fsp3) is 0.625. The Morgan fingerprint density at radius 1 is 0.432 bits per heavy atom. The van der Waals surface area contributed by atoms with E-state index in [1.165, 1.54) is 89.9 Å². The summed E-state index contributed by atoms with van der Waals surface area (Å²) in [6, 6.07) is -0.872. The van der Waals surface area contributed by atoms with Crippen LogP contribution in [-0.4, -0.2) is 73.4 Å². The van der Waals surface area contributed by atoms with Crippen LogP contribution in [0.15, 0.2) is 158 Å². The highest BCUT2D eigenvalue weighted by molar-refractivity contribution is 7.47. The highest BCUT2D eigenvalue weighted by Gasteiger charge is 2.27. The Morgan fingerprint density at radius 2 is 0.741 bits per heavy atom. The van der Waals surface area contributed by atoms with Crippen LogP contribution in [0.4, 0.5) is 0 Å². The number of quaternary nitrogens is 1. The number of rotatable bonds is 57. The molecule has 0 aromatic rings. The zero-order chi connectivity index (χ0) is 59.1. The van der Waals surface area contributed by atoms with Crippen molar-refractivity contribution in [2.75, 3.05) is 40.9 Å². The molecule has 1 amide bonds. The largest absolute Gasteiger partial charge is 0.472 e. The molecule has 3 unspecified atom stereocenters. The molecule has 0 aromatic heterocycles. The second-order valence-corrected chi connectivity index (χ2v) is 23.9. The molecule has 81 heavy (non-hydrogen) atoms. The van der Waals surface area contributed by atoms with Gasteiger partial charge in [0, 0.05) is 6.42 Å². The first-order valence-corrected chi connectivity index (χ1v) is 33.9. The number of unbranched alkanes of at least 4 members (excludes halogenated alkanes) is 20. The summed E-state index contributed by atoms with van der Waals surface area (Å²) in [5.74, 6) is -0.207. The molecule has 0 heterocycles. The molecule has 0 spiro atoms. The Balaban J connectivity index is 4.22. The van der Waals surface area contributed by atoms with Gasteiger partial charge in [-0.05, 0) is 109 Å². The van der Waals surface area contributed by atoms with E-state index in [4.69, 9.17) is 9.05 Å². The number of nitrogens with zero attached hydrogens (tertiary/aromatic N) is 1. The summed E-state index contributed by atoms with van der Waals surface area (Å²) in [6.07, 6.45) is 95.0. The van der Waals surface area contributed by atoms with Gasteiger partial charge < -0.3 is 19.8 Å². The first-order valence-electron chi connectivity index (χ1n) is 32.4. The van der Waals surface area contributed by atoms with Crippen LogP contribution in [0.5, 0.6) is 0 Å². The average molecular weight is 1140 g/mol. The second-order valence-electron chi connectivity index (χ2n) is 22.4. The Bertz CT molecular complexity index is 1870. The van der Waals surface area contributed by atoms with Crippen LogP contribution in [0.3, 0.4) is 0 Å². The van der Waals surface area contributed by atoms with Crippen molar-refractivity contribution in [3.8, 4) is 0 Å². The summed E-state index contributed by atoms with van der Waals surface area (Å²) >= 11 is 0. The third-order valence-corrected chi connectivity index (χ3v) is 14.5. The van der Waals surface area contributed by atoms with E-state index in [1.807, 2.05) is 27.2 Å². The van der Waals surface area contributed by atoms with Crippen molar-refractivity contribution in [3.05, 3.63) is 158 Å². The summed E-state index contributed by atoms with van der Waals surface area (Å²) in [6.45, 7) is 4.67. The monoisotopic (exact) mass is 1140 g/mol. The molecule has 9 heteroatoms. The zero-order valence-corrected chi connectivity index (χ0v) is 53.4. The molecular formula is C72H122N2O6P+. The molecule has 0 aliphatic heterocycles. The van der Waals surface area contributed by atoms with Gasteiger partial charge in [0.25, 0.3) is 0 Å². The lowest BCUT2D eigenvalue weighted by Gasteiger charge is -2.25. The van der Waals surface area contributed by atoms with Crippen molar-refractivity contribution >= 4 is 13.7 Å². The number of allylic oxidation sites excluding steroid dienone is 25. The minimum Gasteiger partial charge on any atom is -0.387 e. The maximum atomic E-state index is 13.0. The van der Waals surface area contributed by atoms with Gasteiger partial charge in [-0.1, -0.05) is 281 Å². The van der Waals surface area contributed by atoms with Gasteiger partial charge in [0.15, 0.2) is 0 Å². The topological polar surface area (TPSA) is 105 Å². The molecule has 0 rings (SSSR count). The fourth-order valence-corrected chi connectivity index (χ4v) is 9.23. The first kappa shape index (κ1) is 77.1. The lowest BCUT2D eigenvalue weighted by Crippen LogP contribution is -2.45. The van der Waals surface area contributed by atoms with Crippen LogP contribution in [-0.2, 0) is 18.4 Å².